The van der Waals surface area contributed by atoms with Crippen LogP contribution in [0.2, 0.25) is 0 Å². The van der Waals surface area contributed by atoms with Crippen LogP contribution in [0.25, 0.3) is 0 Å². The fraction of sp³-hybridized carbons (Fsp3) is 0.941. The predicted octanol–water partition coefficient (Wildman–Crippen LogP) is 4.57. The van der Waals surface area contributed by atoms with Crippen LogP contribution >= 0.6 is 0 Å². The number of rotatable bonds is 5. The van der Waals surface area contributed by atoms with Crippen LogP contribution in [0.4, 0.5) is 0 Å². The molecule has 1 aliphatic rings. The van der Waals surface area contributed by atoms with Crippen molar-refractivity contribution in [3.05, 3.63) is 0 Å². The van der Waals surface area contributed by atoms with Crippen LogP contribution in [-0.2, 0) is 4.79 Å². The zero-order valence-electron chi connectivity index (χ0n) is 13.3. The van der Waals surface area contributed by atoms with Crippen molar-refractivity contribution >= 4 is 5.78 Å². The van der Waals surface area contributed by atoms with Crippen molar-refractivity contribution in [3.8, 4) is 0 Å². The van der Waals surface area contributed by atoms with Crippen molar-refractivity contribution < 1.29 is 4.79 Å². The summed E-state index contributed by atoms with van der Waals surface area (Å²) in [5.41, 5.74) is 0.263. The van der Waals surface area contributed by atoms with Crippen molar-refractivity contribution in [3.63, 3.8) is 0 Å². The maximum Gasteiger partial charge on any atom is 0.155 e. The van der Waals surface area contributed by atoms with Gasteiger partial charge in [-0.1, -0.05) is 35.1 Å². The minimum absolute atomic E-state index is 0. The van der Waals surface area contributed by atoms with E-state index in [0.29, 0.717) is 11.2 Å². The van der Waals surface area contributed by atoms with Gasteiger partial charge in [0.25, 0.3) is 0 Å². The highest BCUT2D eigenvalue weighted by Gasteiger charge is 2.39. The van der Waals surface area contributed by atoms with Crippen molar-refractivity contribution in [1.29, 1.82) is 0 Å². The zero-order valence-corrected chi connectivity index (χ0v) is 13.3. The van der Waals surface area contributed by atoms with Gasteiger partial charge in [-0.25, -0.2) is 0 Å². The van der Waals surface area contributed by atoms with Gasteiger partial charge in [0.2, 0.25) is 0 Å². The van der Waals surface area contributed by atoms with Gasteiger partial charge in [-0.15, -0.1) is 0 Å². The summed E-state index contributed by atoms with van der Waals surface area (Å²) < 4.78 is 0. The molecule has 2 nitrogen and oxygen atoms in total. The van der Waals surface area contributed by atoms with Gasteiger partial charge in [0.1, 0.15) is 0 Å². The summed E-state index contributed by atoms with van der Waals surface area (Å²) in [5, 5.41) is 3.51. The number of ketones is 1. The molecule has 114 valence electrons. The minimum Gasteiger partial charge on any atom is -0.303 e. The number of hydrogen-bond donors (Lipinski definition) is 1. The molecule has 0 aromatic rings. The number of hydrogen-bond acceptors (Lipinski definition) is 2. The summed E-state index contributed by atoms with van der Waals surface area (Å²) in [6.07, 6.45) is 4.81. The molecule has 1 saturated carbocycles. The van der Waals surface area contributed by atoms with Crippen LogP contribution in [-0.4, -0.2) is 17.4 Å². The highest BCUT2D eigenvalue weighted by atomic mass is 16.1. The van der Waals surface area contributed by atoms with E-state index in [1.165, 1.54) is 19.3 Å². The molecule has 1 N–H and O–H groups in total. The first kappa shape index (κ1) is 18.6. The Hall–Kier alpha value is -0.370. The fourth-order valence-corrected chi connectivity index (χ4v) is 2.27. The third-order valence-electron chi connectivity index (χ3n) is 3.80. The van der Waals surface area contributed by atoms with E-state index < -0.39 is 0 Å². The zero-order chi connectivity index (χ0) is 14.2. The molecule has 0 aliphatic heterocycles. The molecule has 0 radical (unpaired) electrons. The second-order valence-corrected chi connectivity index (χ2v) is 8.41. The largest absolute Gasteiger partial charge is 0.303 e. The number of carbonyl (C=O) groups excluding carboxylic acids is 1. The van der Waals surface area contributed by atoms with Crippen LogP contribution in [0.5, 0.6) is 0 Å². The van der Waals surface area contributed by atoms with Crippen LogP contribution in [0.3, 0.4) is 0 Å². The van der Waals surface area contributed by atoms with Crippen LogP contribution < -0.4 is 5.32 Å². The monoisotopic (exact) mass is 269 g/mol. The quantitative estimate of drug-likeness (QED) is 0.792. The average Bonchev–Trinajstić information content (AvgIpc) is 2.87. The Labute approximate surface area is 120 Å². The molecular formula is C17H35NO. The molecule has 0 bridgehead atoms. The predicted molar refractivity (Wildman–Crippen MR) is 84.4 cm³/mol. The molecular weight excluding hydrogens is 234 g/mol. The summed E-state index contributed by atoms with van der Waals surface area (Å²) in [7, 11) is 0. The Balaban J connectivity index is 0.00000324. The van der Waals surface area contributed by atoms with Crippen LogP contribution in [0.15, 0.2) is 0 Å². The van der Waals surface area contributed by atoms with E-state index in [1.807, 2.05) is 20.8 Å². The second-order valence-electron chi connectivity index (χ2n) is 8.41. The Kier molecular flexibility index (Phi) is 5.83. The van der Waals surface area contributed by atoms with Crippen LogP contribution in [0.1, 0.15) is 81.6 Å². The molecule has 19 heavy (non-hydrogen) atoms. The van der Waals surface area contributed by atoms with E-state index in [4.69, 9.17) is 0 Å². The molecule has 0 spiro atoms. The van der Waals surface area contributed by atoms with Gasteiger partial charge in [0, 0.05) is 11.0 Å². The van der Waals surface area contributed by atoms with Gasteiger partial charge in [-0.3, -0.25) is 4.79 Å². The molecule has 2 heteroatoms. The van der Waals surface area contributed by atoms with E-state index in [-0.39, 0.29) is 24.4 Å². The Morgan fingerprint density at radius 2 is 1.63 bits per heavy atom. The van der Waals surface area contributed by atoms with Gasteiger partial charge in [0.05, 0.1) is 6.04 Å². The highest BCUT2D eigenvalue weighted by Crippen LogP contribution is 2.49. The van der Waals surface area contributed by atoms with E-state index in [2.05, 4.69) is 33.0 Å². The maximum atomic E-state index is 12.5. The standard InChI is InChI=1S/C16H31NO.CH4/c1-14(2,3)13(18)12(17-15(4,5)6)8-9-16(7)10-11-16;/h12,17H,8-11H2,1-7H3;1H4. The smallest absolute Gasteiger partial charge is 0.155 e. The summed E-state index contributed by atoms with van der Waals surface area (Å²) in [6, 6.07) is 0.00225. The molecule has 1 unspecified atom stereocenters. The van der Waals surface area contributed by atoms with E-state index in [0.717, 1.165) is 6.42 Å². The average molecular weight is 269 g/mol. The van der Waals surface area contributed by atoms with Gasteiger partial charge < -0.3 is 5.32 Å². The molecule has 1 aliphatic carbocycles. The van der Waals surface area contributed by atoms with E-state index >= 15 is 0 Å². The molecule has 0 amide bonds. The van der Waals surface area contributed by atoms with E-state index in [9.17, 15) is 4.79 Å². The Morgan fingerprint density at radius 3 is 1.95 bits per heavy atom. The summed E-state index contributed by atoms with van der Waals surface area (Å²) >= 11 is 0. The van der Waals surface area contributed by atoms with Gasteiger partial charge in [-0.05, 0) is 51.9 Å². The lowest BCUT2D eigenvalue weighted by molar-refractivity contribution is -0.129. The molecule has 1 fully saturated rings. The van der Waals surface area contributed by atoms with Crippen molar-refractivity contribution in [1.82, 2.24) is 5.32 Å². The van der Waals surface area contributed by atoms with Crippen molar-refractivity contribution in [2.75, 3.05) is 0 Å². The normalized spacial score (nSPS) is 19.5. The summed E-state index contributed by atoms with van der Waals surface area (Å²) in [6.45, 7) is 14.8. The maximum absolute atomic E-state index is 12.5. The van der Waals surface area contributed by atoms with Crippen LogP contribution in [0, 0.1) is 10.8 Å². The number of nitrogens with one attached hydrogen (secondary N) is 1. The number of carbonyl (C=O) groups is 1. The van der Waals surface area contributed by atoms with Gasteiger partial charge in [-0.2, -0.15) is 0 Å². The minimum atomic E-state index is -0.257. The van der Waals surface area contributed by atoms with Gasteiger partial charge >= 0.3 is 0 Å². The first-order chi connectivity index (χ1) is 7.93. The topological polar surface area (TPSA) is 29.1 Å². The third kappa shape index (κ3) is 6.56. The summed E-state index contributed by atoms with van der Waals surface area (Å²) in [5.74, 6) is 0.349. The SMILES string of the molecule is C.CC1(CCC(NC(C)(C)C)C(=O)C(C)(C)C)CC1. The Bertz CT molecular complexity index is 302. The second kappa shape index (κ2) is 5.95. The fourth-order valence-electron chi connectivity index (χ4n) is 2.27. The summed E-state index contributed by atoms with van der Waals surface area (Å²) in [4.78, 5) is 12.5. The molecule has 0 aromatic carbocycles. The Morgan fingerprint density at radius 1 is 1.16 bits per heavy atom. The molecule has 0 aromatic heterocycles. The molecule has 0 heterocycles. The first-order valence-corrected chi connectivity index (χ1v) is 7.25. The lowest BCUT2D eigenvalue weighted by Gasteiger charge is -2.32. The lowest BCUT2D eigenvalue weighted by atomic mass is 9.83. The first-order valence-electron chi connectivity index (χ1n) is 7.25. The van der Waals surface area contributed by atoms with E-state index in [1.54, 1.807) is 0 Å². The van der Waals surface area contributed by atoms with Crippen molar-refractivity contribution in [2.45, 2.75) is 93.2 Å². The molecule has 1 atom stereocenters. The van der Waals surface area contributed by atoms with Crippen molar-refractivity contribution in [2.24, 2.45) is 10.8 Å². The highest BCUT2D eigenvalue weighted by molar-refractivity contribution is 5.88. The number of Topliss-reactive ketones (excluding diaryl/α,β-unsaturated/α-hetero) is 1. The third-order valence-corrected chi connectivity index (χ3v) is 3.80. The van der Waals surface area contributed by atoms with Gasteiger partial charge in [0.15, 0.2) is 5.78 Å². The lowest BCUT2D eigenvalue weighted by Crippen LogP contribution is -2.51. The molecule has 1 rings (SSSR count). The molecule has 0 saturated heterocycles.